The van der Waals surface area contributed by atoms with E-state index in [0.29, 0.717) is 6.42 Å². The number of carbonyl (C=O) groups excluding carboxylic acids is 2. The Labute approximate surface area is 130 Å². The first-order valence-corrected chi connectivity index (χ1v) is 7.70. The molecule has 0 fully saturated rings. The minimum Gasteiger partial charge on any atom is -0.325 e. The zero-order valence-corrected chi connectivity index (χ0v) is 13.4. The van der Waals surface area contributed by atoms with Crippen molar-refractivity contribution in [2.45, 2.75) is 46.0 Å². The van der Waals surface area contributed by atoms with E-state index in [1.165, 1.54) is 0 Å². The molecule has 0 bridgehead atoms. The third-order valence-electron chi connectivity index (χ3n) is 4.64. The summed E-state index contributed by atoms with van der Waals surface area (Å²) >= 11 is 0. The minimum atomic E-state index is -0.545. The van der Waals surface area contributed by atoms with Crippen molar-refractivity contribution in [3.8, 4) is 0 Å². The van der Waals surface area contributed by atoms with Gasteiger partial charge in [0, 0.05) is 18.0 Å². The van der Waals surface area contributed by atoms with Crippen molar-refractivity contribution >= 4 is 23.2 Å². The Balaban J connectivity index is 2.15. The fourth-order valence-electron chi connectivity index (χ4n) is 3.16. The number of fused-ring (bicyclic) bond motifs is 1. The Morgan fingerprint density at radius 1 is 1.32 bits per heavy atom. The molecule has 5 heteroatoms. The van der Waals surface area contributed by atoms with Crippen molar-refractivity contribution in [1.82, 2.24) is 5.43 Å². The van der Waals surface area contributed by atoms with Crippen LogP contribution < -0.4 is 10.7 Å². The third kappa shape index (κ3) is 2.12. The topological polar surface area (TPSA) is 70.6 Å². The van der Waals surface area contributed by atoms with Gasteiger partial charge in [-0.2, -0.15) is 5.10 Å². The number of anilines is 1. The average molecular weight is 299 g/mol. The van der Waals surface area contributed by atoms with Crippen molar-refractivity contribution in [2.75, 3.05) is 5.32 Å². The zero-order chi connectivity index (χ0) is 16.1. The zero-order valence-electron chi connectivity index (χ0n) is 13.4. The molecule has 5 nitrogen and oxygen atoms in total. The van der Waals surface area contributed by atoms with E-state index < -0.39 is 5.41 Å². The summed E-state index contributed by atoms with van der Waals surface area (Å²) in [6.45, 7) is 7.95. The van der Waals surface area contributed by atoms with Crippen LogP contribution in [0.2, 0.25) is 0 Å². The molecule has 1 aromatic carbocycles. The van der Waals surface area contributed by atoms with Crippen molar-refractivity contribution in [2.24, 2.45) is 11.0 Å². The first-order chi connectivity index (χ1) is 10.3. The van der Waals surface area contributed by atoms with E-state index in [1.807, 2.05) is 26.8 Å². The molecule has 0 spiro atoms. The van der Waals surface area contributed by atoms with Gasteiger partial charge in [-0.25, -0.2) is 5.43 Å². The molecular formula is C17H21N3O2. The molecule has 2 amide bonds. The Morgan fingerprint density at radius 3 is 2.68 bits per heavy atom. The van der Waals surface area contributed by atoms with Crippen LogP contribution in [0.25, 0.3) is 0 Å². The fraction of sp³-hybridized carbons (Fsp3) is 0.471. The second kappa shape index (κ2) is 4.93. The molecule has 1 aromatic rings. The van der Waals surface area contributed by atoms with Gasteiger partial charge in [0.15, 0.2) is 0 Å². The van der Waals surface area contributed by atoms with E-state index in [0.717, 1.165) is 34.5 Å². The Kier molecular flexibility index (Phi) is 3.31. The highest BCUT2D eigenvalue weighted by molar-refractivity contribution is 6.10. The van der Waals surface area contributed by atoms with E-state index in [2.05, 4.69) is 28.8 Å². The number of nitrogens with one attached hydrogen (secondary N) is 2. The summed E-state index contributed by atoms with van der Waals surface area (Å²) in [5, 5.41) is 7.25. The highest BCUT2D eigenvalue weighted by Gasteiger charge is 2.40. The van der Waals surface area contributed by atoms with Crippen LogP contribution >= 0.6 is 0 Å². The summed E-state index contributed by atoms with van der Waals surface area (Å²) in [5.74, 6) is 0.0521. The Bertz CT molecular complexity index is 704. The minimum absolute atomic E-state index is 0.0290. The molecule has 0 radical (unpaired) electrons. The standard InChI is InChI=1S/C17H21N3O2/c1-5-10-7-11(14-9(2)6-13(21)19-20-14)8-12-15(10)18-16(22)17(12,3)4/h7-9H,5-6H2,1-4H3,(H,18,22)(H,19,21)/t9-/m0/s1. The number of hydrazone groups is 1. The second-order valence-corrected chi connectivity index (χ2v) is 6.63. The number of carbonyl (C=O) groups is 2. The molecule has 0 saturated heterocycles. The number of nitrogens with zero attached hydrogens (tertiary/aromatic N) is 1. The first-order valence-electron chi connectivity index (χ1n) is 7.70. The molecule has 2 N–H and O–H groups in total. The maximum atomic E-state index is 12.2. The van der Waals surface area contributed by atoms with Crippen LogP contribution in [-0.4, -0.2) is 17.5 Å². The Hall–Kier alpha value is -2.17. The van der Waals surface area contributed by atoms with Crippen LogP contribution in [0.5, 0.6) is 0 Å². The van der Waals surface area contributed by atoms with E-state index in [4.69, 9.17) is 0 Å². The van der Waals surface area contributed by atoms with Crippen LogP contribution in [-0.2, 0) is 21.4 Å². The number of hydrogen-bond donors (Lipinski definition) is 2. The summed E-state index contributed by atoms with van der Waals surface area (Å²) in [6.07, 6.45) is 1.28. The molecule has 0 unspecified atom stereocenters. The van der Waals surface area contributed by atoms with Gasteiger partial charge < -0.3 is 5.32 Å². The number of benzene rings is 1. The molecule has 22 heavy (non-hydrogen) atoms. The second-order valence-electron chi connectivity index (χ2n) is 6.63. The van der Waals surface area contributed by atoms with Crippen molar-refractivity contribution in [3.05, 3.63) is 28.8 Å². The molecule has 2 aliphatic heterocycles. The SMILES string of the molecule is CCc1cc(C2=NNC(=O)C[C@@H]2C)cc2c1NC(=O)C2(C)C. The van der Waals surface area contributed by atoms with Gasteiger partial charge in [0.05, 0.1) is 11.1 Å². The monoisotopic (exact) mass is 299 g/mol. The van der Waals surface area contributed by atoms with E-state index in [-0.39, 0.29) is 17.7 Å². The maximum Gasteiger partial charge on any atom is 0.240 e. The smallest absolute Gasteiger partial charge is 0.240 e. The lowest BCUT2D eigenvalue weighted by Gasteiger charge is -2.22. The van der Waals surface area contributed by atoms with E-state index in [1.54, 1.807) is 0 Å². The van der Waals surface area contributed by atoms with Crippen LogP contribution in [0, 0.1) is 5.92 Å². The highest BCUT2D eigenvalue weighted by atomic mass is 16.2. The van der Waals surface area contributed by atoms with Crippen LogP contribution in [0.4, 0.5) is 5.69 Å². The molecule has 2 aliphatic rings. The number of aryl methyl sites for hydroxylation is 1. The van der Waals surface area contributed by atoms with Crippen molar-refractivity contribution in [3.63, 3.8) is 0 Å². The highest BCUT2D eigenvalue weighted by Crippen LogP contribution is 2.41. The van der Waals surface area contributed by atoms with Gasteiger partial charge in [-0.15, -0.1) is 0 Å². The first kappa shape index (κ1) is 14.8. The van der Waals surface area contributed by atoms with Gasteiger partial charge in [0.25, 0.3) is 0 Å². The van der Waals surface area contributed by atoms with Gasteiger partial charge in [0.2, 0.25) is 11.8 Å². The van der Waals surface area contributed by atoms with Gasteiger partial charge in [-0.1, -0.05) is 13.8 Å². The van der Waals surface area contributed by atoms with E-state index >= 15 is 0 Å². The molecule has 0 saturated carbocycles. The summed E-state index contributed by atoms with van der Waals surface area (Å²) in [7, 11) is 0. The van der Waals surface area contributed by atoms with Gasteiger partial charge >= 0.3 is 0 Å². The lowest BCUT2D eigenvalue weighted by Crippen LogP contribution is -2.32. The number of hydrogen-bond acceptors (Lipinski definition) is 3. The molecule has 3 rings (SSSR count). The molecule has 0 aliphatic carbocycles. The molecule has 116 valence electrons. The number of rotatable bonds is 2. The van der Waals surface area contributed by atoms with Crippen molar-refractivity contribution < 1.29 is 9.59 Å². The van der Waals surface area contributed by atoms with Gasteiger partial charge in [0.1, 0.15) is 0 Å². The summed E-state index contributed by atoms with van der Waals surface area (Å²) in [4.78, 5) is 23.7. The average Bonchev–Trinajstić information content (AvgIpc) is 2.69. The quantitative estimate of drug-likeness (QED) is 0.880. The number of amides is 2. The summed E-state index contributed by atoms with van der Waals surface area (Å²) in [6, 6.07) is 4.12. The van der Waals surface area contributed by atoms with Crippen LogP contribution in [0.15, 0.2) is 17.2 Å². The lowest BCUT2D eigenvalue weighted by molar-refractivity contribution is -0.122. The fourth-order valence-corrected chi connectivity index (χ4v) is 3.16. The predicted octanol–water partition coefficient (Wildman–Crippen LogP) is 2.34. The third-order valence-corrected chi connectivity index (χ3v) is 4.64. The molecule has 1 atom stereocenters. The largest absolute Gasteiger partial charge is 0.325 e. The maximum absolute atomic E-state index is 12.2. The van der Waals surface area contributed by atoms with E-state index in [9.17, 15) is 9.59 Å². The summed E-state index contributed by atoms with van der Waals surface area (Å²) < 4.78 is 0. The normalized spacial score (nSPS) is 22.7. The van der Waals surface area contributed by atoms with Gasteiger partial charge in [-0.3, -0.25) is 9.59 Å². The Morgan fingerprint density at radius 2 is 2.05 bits per heavy atom. The predicted molar refractivity (Wildman–Crippen MR) is 85.9 cm³/mol. The summed E-state index contributed by atoms with van der Waals surface area (Å²) in [5.41, 5.74) is 6.95. The molecule has 2 heterocycles. The van der Waals surface area contributed by atoms with Crippen LogP contribution in [0.1, 0.15) is 50.8 Å². The lowest BCUT2D eigenvalue weighted by atomic mass is 9.82. The molecule has 0 aromatic heterocycles. The van der Waals surface area contributed by atoms with Crippen LogP contribution in [0.3, 0.4) is 0 Å². The van der Waals surface area contributed by atoms with Gasteiger partial charge in [-0.05, 0) is 49.1 Å². The molecular weight excluding hydrogens is 278 g/mol. The van der Waals surface area contributed by atoms with Crippen molar-refractivity contribution in [1.29, 1.82) is 0 Å².